The standard InChI is InChI=1S/C19H11F3N4O2/c20-19(21,22)18-25-16(26-28-18)12-5-7-13(8-6-12)17(27)24-15-10-9-11-3-1-2-4-14(11)23-15/h1-10H,(H,23,24,27). The van der Waals surface area contributed by atoms with Gasteiger partial charge in [-0.1, -0.05) is 35.5 Å². The number of carbonyl (C=O) groups is 1. The second kappa shape index (κ2) is 6.76. The third kappa shape index (κ3) is 3.54. The van der Waals surface area contributed by atoms with Crippen LogP contribution in [0.4, 0.5) is 19.0 Å². The van der Waals surface area contributed by atoms with Crippen LogP contribution in [0.2, 0.25) is 0 Å². The molecule has 9 heteroatoms. The Morgan fingerprint density at radius 3 is 2.39 bits per heavy atom. The summed E-state index contributed by atoms with van der Waals surface area (Å²) in [5.74, 6) is -1.65. The van der Waals surface area contributed by atoms with Crippen LogP contribution in [0.15, 0.2) is 65.2 Å². The first-order valence-electron chi connectivity index (χ1n) is 8.09. The van der Waals surface area contributed by atoms with Crippen LogP contribution in [-0.4, -0.2) is 21.0 Å². The van der Waals surface area contributed by atoms with Crippen molar-refractivity contribution in [2.75, 3.05) is 5.32 Å². The molecular weight excluding hydrogens is 373 g/mol. The molecule has 140 valence electrons. The molecule has 0 saturated heterocycles. The average Bonchev–Trinajstić information content (AvgIpc) is 3.19. The lowest BCUT2D eigenvalue weighted by atomic mass is 10.1. The van der Waals surface area contributed by atoms with Crippen LogP contribution in [0.1, 0.15) is 16.2 Å². The van der Waals surface area contributed by atoms with Crippen molar-refractivity contribution in [1.82, 2.24) is 15.1 Å². The molecule has 6 nitrogen and oxygen atoms in total. The Morgan fingerprint density at radius 2 is 1.68 bits per heavy atom. The Balaban J connectivity index is 1.51. The van der Waals surface area contributed by atoms with E-state index in [1.54, 1.807) is 6.07 Å². The fraction of sp³-hybridized carbons (Fsp3) is 0.0526. The number of aromatic nitrogens is 3. The third-order valence-electron chi connectivity index (χ3n) is 3.91. The van der Waals surface area contributed by atoms with Gasteiger partial charge in [0.2, 0.25) is 5.82 Å². The number of halogens is 3. The molecular formula is C19H11F3N4O2. The van der Waals surface area contributed by atoms with Gasteiger partial charge in [0, 0.05) is 16.5 Å². The fourth-order valence-corrected chi connectivity index (χ4v) is 2.55. The van der Waals surface area contributed by atoms with E-state index in [1.807, 2.05) is 30.3 Å². The summed E-state index contributed by atoms with van der Waals surface area (Å²) in [5, 5.41) is 6.94. The number of nitrogens with one attached hydrogen (secondary N) is 1. The molecule has 0 unspecified atom stereocenters. The van der Waals surface area contributed by atoms with Crippen molar-refractivity contribution >= 4 is 22.6 Å². The van der Waals surface area contributed by atoms with Gasteiger partial charge < -0.3 is 9.84 Å². The summed E-state index contributed by atoms with van der Waals surface area (Å²) in [6.45, 7) is 0. The van der Waals surface area contributed by atoms with E-state index >= 15 is 0 Å². The van der Waals surface area contributed by atoms with E-state index in [2.05, 4.69) is 25.0 Å². The molecule has 0 aliphatic rings. The van der Waals surface area contributed by atoms with Crippen molar-refractivity contribution in [2.45, 2.75) is 6.18 Å². The fourth-order valence-electron chi connectivity index (χ4n) is 2.55. The Hall–Kier alpha value is -3.75. The zero-order chi connectivity index (χ0) is 19.7. The van der Waals surface area contributed by atoms with Crippen LogP contribution in [0.3, 0.4) is 0 Å². The summed E-state index contributed by atoms with van der Waals surface area (Å²) in [4.78, 5) is 20.1. The van der Waals surface area contributed by atoms with Crippen molar-refractivity contribution in [3.63, 3.8) is 0 Å². The normalized spacial score (nSPS) is 11.5. The number of hydrogen-bond donors (Lipinski definition) is 1. The summed E-state index contributed by atoms with van der Waals surface area (Å²) < 4.78 is 41.8. The van der Waals surface area contributed by atoms with Crippen molar-refractivity contribution in [1.29, 1.82) is 0 Å². The Morgan fingerprint density at radius 1 is 0.929 bits per heavy atom. The molecule has 0 radical (unpaired) electrons. The number of alkyl halides is 3. The molecule has 0 aliphatic carbocycles. The summed E-state index contributed by atoms with van der Waals surface area (Å²) >= 11 is 0. The first-order chi connectivity index (χ1) is 13.4. The van der Waals surface area contributed by atoms with Crippen molar-refractivity contribution in [3.8, 4) is 11.4 Å². The molecule has 0 fully saturated rings. The van der Waals surface area contributed by atoms with E-state index in [4.69, 9.17) is 0 Å². The monoisotopic (exact) mass is 384 g/mol. The predicted octanol–water partition coefficient (Wildman–Crippen LogP) is 4.56. The van der Waals surface area contributed by atoms with Gasteiger partial charge in [-0.3, -0.25) is 4.79 Å². The lowest BCUT2D eigenvalue weighted by Gasteiger charge is -2.06. The lowest BCUT2D eigenvalue weighted by Crippen LogP contribution is -2.12. The molecule has 0 saturated carbocycles. The highest BCUT2D eigenvalue weighted by atomic mass is 19.4. The second-order valence-electron chi connectivity index (χ2n) is 5.84. The van der Waals surface area contributed by atoms with Crippen molar-refractivity contribution < 1.29 is 22.5 Å². The van der Waals surface area contributed by atoms with Crippen LogP contribution < -0.4 is 5.32 Å². The first-order valence-corrected chi connectivity index (χ1v) is 8.09. The highest BCUT2D eigenvalue weighted by Crippen LogP contribution is 2.29. The number of hydrogen-bond acceptors (Lipinski definition) is 5. The minimum atomic E-state index is -4.71. The molecule has 4 rings (SSSR count). The Kier molecular flexibility index (Phi) is 4.26. The number of benzene rings is 2. The number of carbonyl (C=O) groups excluding carboxylic acids is 1. The quantitative estimate of drug-likeness (QED) is 0.560. The van der Waals surface area contributed by atoms with E-state index in [0.29, 0.717) is 16.9 Å². The summed E-state index contributed by atoms with van der Waals surface area (Å²) in [5.41, 5.74) is 1.34. The molecule has 4 aromatic rings. The predicted molar refractivity (Wildman–Crippen MR) is 94.4 cm³/mol. The molecule has 0 atom stereocenters. The Bertz CT molecular complexity index is 1150. The smallest absolute Gasteiger partial charge is 0.329 e. The highest BCUT2D eigenvalue weighted by molar-refractivity contribution is 6.04. The van der Waals surface area contributed by atoms with Gasteiger partial charge in [-0.25, -0.2) is 4.98 Å². The number of amides is 1. The van der Waals surface area contributed by atoms with E-state index in [0.717, 1.165) is 10.9 Å². The molecule has 0 spiro atoms. The van der Waals surface area contributed by atoms with Gasteiger partial charge in [0.15, 0.2) is 0 Å². The van der Waals surface area contributed by atoms with Crippen molar-refractivity contribution in [3.05, 3.63) is 72.1 Å². The maximum atomic E-state index is 12.5. The minimum Gasteiger partial charge on any atom is -0.329 e. The van der Waals surface area contributed by atoms with Crippen LogP contribution in [0.5, 0.6) is 0 Å². The maximum absolute atomic E-state index is 12.5. The van der Waals surface area contributed by atoms with Gasteiger partial charge in [0.25, 0.3) is 5.91 Å². The molecule has 2 heterocycles. The maximum Gasteiger partial charge on any atom is 0.471 e. The topological polar surface area (TPSA) is 80.9 Å². The first kappa shape index (κ1) is 17.7. The number of rotatable bonds is 3. The molecule has 1 amide bonds. The summed E-state index contributed by atoms with van der Waals surface area (Å²) in [6.07, 6.45) is -4.71. The molecule has 0 bridgehead atoms. The van der Waals surface area contributed by atoms with E-state index in [-0.39, 0.29) is 5.82 Å². The van der Waals surface area contributed by atoms with Crippen molar-refractivity contribution in [2.24, 2.45) is 0 Å². The van der Waals surface area contributed by atoms with Gasteiger partial charge in [-0.2, -0.15) is 18.2 Å². The second-order valence-corrected chi connectivity index (χ2v) is 5.84. The van der Waals surface area contributed by atoms with E-state index in [9.17, 15) is 18.0 Å². The van der Waals surface area contributed by atoms with Gasteiger partial charge >= 0.3 is 12.1 Å². The van der Waals surface area contributed by atoms with Gasteiger partial charge in [0.1, 0.15) is 5.82 Å². The van der Waals surface area contributed by atoms with Crippen LogP contribution in [-0.2, 0) is 6.18 Å². The highest BCUT2D eigenvalue weighted by Gasteiger charge is 2.38. The van der Waals surface area contributed by atoms with E-state index in [1.165, 1.54) is 24.3 Å². The van der Waals surface area contributed by atoms with Gasteiger partial charge in [0.05, 0.1) is 5.52 Å². The largest absolute Gasteiger partial charge is 0.471 e. The minimum absolute atomic E-state index is 0.213. The number of para-hydroxylation sites is 1. The van der Waals surface area contributed by atoms with Crippen LogP contribution >= 0.6 is 0 Å². The summed E-state index contributed by atoms with van der Waals surface area (Å²) in [7, 11) is 0. The van der Waals surface area contributed by atoms with Gasteiger partial charge in [-0.15, -0.1) is 0 Å². The number of nitrogens with zero attached hydrogens (tertiary/aromatic N) is 3. The number of fused-ring (bicyclic) bond motifs is 1. The Labute approximate surface area is 156 Å². The molecule has 0 aliphatic heterocycles. The number of pyridine rings is 1. The number of anilines is 1. The van der Waals surface area contributed by atoms with Crippen LogP contribution in [0.25, 0.3) is 22.3 Å². The molecule has 28 heavy (non-hydrogen) atoms. The molecule has 2 aromatic heterocycles. The van der Waals surface area contributed by atoms with Crippen LogP contribution in [0, 0.1) is 0 Å². The third-order valence-corrected chi connectivity index (χ3v) is 3.91. The summed E-state index contributed by atoms with van der Waals surface area (Å²) in [6, 6.07) is 16.8. The SMILES string of the molecule is O=C(Nc1ccc2ccccc2n1)c1ccc(-c2noc(C(F)(F)F)n2)cc1. The average molecular weight is 384 g/mol. The zero-order valence-electron chi connectivity index (χ0n) is 14.1. The van der Waals surface area contributed by atoms with Gasteiger partial charge in [-0.05, 0) is 30.3 Å². The van der Waals surface area contributed by atoms with E-state index < -0.39 is 18.0 Å². The lowest BCUT2D eigenvalue weighted by molar-refractivity contribution is -0.159. The molecule has 2 aromatic carbocycles. The molecule has 1 N–H and O–H groups in total. The zero-order valence-corrected chi connectivity index (χ0v) is 14.1.